The first-order valence-corrected chi connectivity index (χ1v) is 5.56. The van der Waals surface area contributed by atoms with Gasteiger partial charge in [-0.3, -0.25) is 0 Å². The van der Waals surface area contributed by atoms with E-state index in [9.17, 15) is 0 Å². The molecule has 1 heteroatoms. The number of rotatable bonds is 8. The molecule has 0 bridgehead atoms. The molecule has 0 aliphatic heterocycles. The van der Waals surface area contributed by atoms with Gasteiger partial charge in [-0.15, -0.1) is 0 Å². The Labute approximate surface area is 83.5 Å². The van der Waals surface area contributed by atoms with E-state index < -0.39 is 0 Å². The van der Waals surface area contributed by atoms with Gasteiger partial charge in [0, 0.05) is 19.1 Å². The van der Waals surface area contributed by atoms with Crippen molar-refractivity contribution in [1.82, 2.24) is 4.90 Å². The summed E-state index contributed by atoms with van der Waals surface area (Å²) >= 11 is 0. The van der Waals surface area contributed by atoms with E-state index in [0.29, 0.717) is 0 Å². The van der Waals surface area contributed by atoms with E-state index in [4.69, 9.17) is 6.42 Å². The van der Waals surface area contributed by atoms with Gasteiger partial charge >= 0.3 is 0 Å². The summed E-state index contributed by atoms with van der Waals surface area (Å²) in [5, 5.41) is 0. The third kappa shape index (κ3) is 7.71. The standard InChI is InChI=1S/C12H23N/c1-4-7-9-11-13(6-3)12-10-8-5-2/h3H,4-5,7-12H2,1-2H3. The molecule has 0 saturated heterocycles. The Morgan fingerprint density at radius 3 is 1.69 bits per heavy atom. The molecule has 0 aromatic heterocycles. The Morgan fingerprint density at radius 2 is 1.38 bits per heavy atom. The average Bonchev–Trinajstić information content (AvgIpc) is 2.16. The van der Waals surface area contributed by atoms with E-state index in [-0.39, 0.29) is 0 Å². The van der Waals surface area contributed by atoms with Crippen molar-refractivity contribution in [2.45, 2.75) is 52.4 Å². The summed E-state index contributed by atoms with van der Waals surface area (Å²) in [7, 11) is 0. The van der Waals surface area contributed by atoms with Crippen molar-refractivity contribution >= 4 is 0 Å². The van der Waals surface area contributed by atoms with Crippen molar-refractivity contribution in [3.63, 3.8) is 0 Å². The van der Waals surface area contributed by atoms with E-state index in [1.54, 1.807) is 0 Å². The molecule has 0 aliphatic carbocycles. The fraction of sp³-hybridized carbons (Fsp3) is 0.833. The molecule has 0 aromatic carbocycles. The lowest BCUT2D eigenvalue weighted by Gasteiger charge is -2.16. The minimum Gasteiger partial charge on any atom is -0.333 e. The average molecular weight is 181 g/mol. The second-order valence-corrected chi connectivity index (χ2v) is 3.53. The highest BCUT2D eigenvalue weighted by molar-refractivity contribution is 4.84. The molecule has 0 rings (SSSR count). The molecular weight excluding hydrogens is 158 g/mol. The molecule has 0 aromatic rings. The van der Waals surface area contributed by atoms with Crippen LogP contribution in [0.25, 0.3) is 0 Å². The molecule has 1 nitrogen and oxygen atoms in total. The normalized spacial score (nSPS) is 9.62. The van der Waals surface area contributed by atoms with Gasteiger partial charge in [0.1, 0.15) is 0 Å². The van der Waals surface area contributed by atoms with Crippen LogP contribution in [0, 0.1) is 12.5 Å². The SMILES string of the molecule is C#CN(CCCCC)CCCCC. The van der Waals surface area contributed by atoms with Crippen LogP contribution in [0.1, 0.15) is 52.4 Å². The van der Waals surface area contributed by atoms with Gasteiger partial charge < -0.3 is 4.90 Å². The highest BCUT2D eigenvalue weighted by Gasteiger charge is 1.97. The van der Waals surface area contributed by atoms with Gasteiger partial charge in [0.05, 0.1) is 0 Å². The van der Waals surface area contributed by atoms with Crippen molar-refractivity contribution in [3.8, 4) is 12.5 Å². The summed E-state index contributed by atoms with van der Waals surface area (Å²) in [4.78, 5) is 2.12. The number of nitrogens with zero attached hydrogens (tertiary/aromatic N) is 1. The maximum Gasteiger partial charge on any atom is 0.0260 e. The van der Waals surface area contributed by atoms with Crippen LogP contribution in [0.4, 0.5) is 0 Å². The molecule has 0 saturated carbocycles. The predicted octanol–water partition coefficient (Wildman–Crippen LogP) is 3.26. The van der Waals surface area contributed by atoms with Gasteiger partial charge in [-0.25, -0.2) is 0 Å². The van der Waals surface area contributed by atoms with Crippen molar-refractivity contribution in [2.24, 2.45) is 0 Å². The Kier molecular flexibility index (Phi) is 8.98. The van der Waals surface area contributed by atoms with Crippen molar-refractivity contribution in [3.05, 3.63) is 0 Å². The molecule has 0 atom stereocenters. The van der Waals surface area contributed by atoms with Crippen LogP contribution in [0.2, 0.25) is 0 Å². The maximum absolute atomic E-state index is 5.41. The largest absolute Gasteiger partial charge is 0.333 e. The first kappa shape index (κ1) is 12.4. The van der Waals surface area contributed by atoms with Crippen LogP contribution < -0.4 is 0 Å². The number of hydrogen-bond acceptors (Lipinski definition) is 1. The summed E-state index contributed by atoms with van der Waals surface area (Å²) in [6.07, 6.45) is 13.0. The third-order valence-electron chi connectivity index (χ3n) is 2.25. The molecule has 13 heavy (non-hydrogen) atoms. The molecule has 0 amide bonds. The van der Waals surface area contributed by atoms with Gasteiger partial charge in [0.25, 0.3) is 0 Å². The summed E-state index contributed by atoms with van der Waals surface area (Å²) < 4.78 is 0. The Morgan fingerprint density at radius 1 is 0.923 bits per heavy atom. The first-order chi connectivity index (χ1) is 6.35. The smallest absolute Gasteiger partial charge is 0.0260 e. The molecule has 0 aliphatic rings. The fourth-order valence-corrected chi connectivity index (χ4v) is 1.35. The summed E-state index contributed by atoms with van der Waals surface area (Å²) in [6.45, 7) is 6.59. The predicted molar refractivity (Wildman–Crippen MR) is 59.5 cm³/mol. The number of unbranched alkanes of at least 4 members (excludes halogenated alkanes) is 4. The second kappa shape index (κ2) is 9.45. The van der Waals surface area contributed by atoms with Crippen LogP contribution >= 0.6 is 0 Å². The zero-order chi connectivity index (χ0) is 9.94. The molecule has 0 heterocycles. The first-order valence-electron chi connectivity index (χ1n) is 5.56. The minimum absolute atomic E-state index is 1.08. The van der Waals surface area contributed by atoms with Gasteiger partial charge in [0.15, 0.2) is 0 Å². The summed E-state index contributed by atoms with van der Waals surface area (Å²) in [5.41, 5.74) is 0. The van der Waals surface area contributed by atoms with E-state index in [1.807, 2.05) is 0 Å². The number of terminal acetylenes is 1. The quantitative estimate of drug-likeness (QED) is 0.315. The van der Waals surface area contributed by atoms with Gasteiger partial charge in [-0.05, 0) is 12.8 Å². The van der Waals surface area contributed by atoms with Crippen LogP contribution in [-0.2, 0) is 0 Å². The van der Waals surface area contributed by atoms with Gasteiger partial charge in [-0.2, -0.15) is 0 Å². The molecule has 0 N–H and O–H groups in total. The van der Waals surface area contributed by atoms with Gasteiger partial charge in [-0.1, -0.05) is 46.0 Å². The zero-order valence-corrected chi connectivity index (χ0v) is 9.18. The number of hydrogen-bond donors (Lipinski definition) is 0. The minimum atomic E-state index is 1.08. The van der Waals surface area contributed by atoms with Crippen LogP contribution in [0.15, 0.2) is 0 Å². The fourth-order valence-electron chi connectivity index (χ4n) is 1.35. The molecule has 0 radical (unpaired) electrons. The second-order valence-electron chi connectivity index (χ2n) is 3.53. The maximum atomic E-state index is 5.41. The van der Waals surface area contributed by atoms with E-state index in [2.05, 4.69) is 24.8 Å². The highest BCUT2D eigenvalue weighted by Crippen LogP contribution is 2.00. The molecular formula is C12H23N. The summed E-state index contributed by atoms with van der Waals surface area (Å²) in [6, 6.07) is 2.75. The van der Waals surface area contributed by atoms with Crippen molar-refractivity contribution < 1.29 is 0 Å². The van der Waals surface area contributed by atoms with Crippen LogP contribution in [0.5, 0.6) is 0 Å². The van der Waals surface area contributed by atoms with Crippen LogP contribution in [-0.4, -0.2) is 18.0 Å². The van der Waals surface area contributed by atoms with Gasteiger partial charge in [0.2, 0.25) is 0 Å². The van der Waals surface area contributed by atoms with E-state index in [1.165, 1.54) is 38.5 Å². The van der Waals surface area contributed by atoms with Crippen molar-refractivity contribution in [2.75, 3.05) is 13.1 Å². The highest BCUT2D eigenvalue weighted by atomic mass is 15.1. The third-order valence-corrected chi connectivity index (χ3v) is 2.25. The topological polar surface area (TPSA) is 3.24 Å². The Balaban J connectivity index is 3.36. The molecule has 0 fully saturated rings. The lowest BCUT2D eigenvalue weighted by molar-refractivity contribution is 0.373. The lowest BCUT2D eigenvalue weighted by atomic mass is 10.2. The van der Waals surface area contributed by atoms with Crippen LogP contribution in [0.3, 0.4) is 0 Å². The molecule has 0 unspecified atom stereocenters. The Hall–Kier alpha value is -0.640. The zero-order valence-electron chi connectivity index (χ0n) is 9.18. The molecule has 76 valence electrons. The Bertz CT molecular complexity index is 125. The molecule has 0 spiro atoms. The monoisotopic (exact) mass is 181 g/mol. The summed E-state index contributed by atoms with van der Waals surface area (Å²) in [5.74, 6) is 0. The van der Waals surface area contributed by atoms with E-state index >= 15 is 0 Å². The van der Waals surface area contributed by atoms with Crippen molar-refractivity contribution in [1.29, 1.82) is 0 Å². The van der Waals surface area contributed by atoms with E-state index in [0.717, 1.165) is 13.1 Å². The lowest BCUT2D eigenvalue weighted by Crippen LogP contribution is -2.20.